The Balaban J connectivity index is 0. The van der Waals surface area contributed by atoms with E-state index >= 15 is 0 Å². The second-order valence-corrected chi connectivity index (χ2v) is 1.05. The lowest BCUT2D eigenvalue weighted by Gasteiger charge is -1.93. The Morgan fingerprint density at radius 3 is 2.56 bits per heavy atom. The summed E-state index contributed by atoms with van der Waals surface area (Å²) in [5, 5.41) is 0. The molecule has 0 fully saturated rings. The summed E-state index contributed by atoms with van der Waals surface area (Å²) in [5.41, 5.74) is 4.82. The SMILES string of the molecule is Cl.NCC(=O)OCC=O. The van der Waals surface area contributed by atoms with Crippen molar-refractivity contribution in [3.63, 3.8) is 0 Å². The van der Waals surface area contributed by atoms with Crippen molar-refractivity contribution in [2.45, 2.75) is 0 Å². The lowest BCUT2D eigenvalue weighted by Crippen LogP contribution is -2.17. The molecule has 0 aliphatic rings. The number of halogens is 1. The van der Waals surface area contributed by atoms with E-state index in [4.69, 9.17) is 5.73 Å². The molecule has 0 aromatic carbocycles. The van der Waals surface area contributed by atoms with Gasteiger partial charge in [0.2, 0.25) is 0 Å². The zero-order chi connectivity index (χ0) is 6.41. The number of esters is 1. The number of ether oxygens (including phenoxy) is 1. The first kappa shape index (κ1) is 11.2. The van der Waals surface area contributed by atoms with E-state index in [-0.39, 0.29) is 25.6 Å². The van der Waals surface area contributed by atoms with Crippen LogP contribution in [0.25, 0.3) is 0 Å². The van der Waals surface area contributed by atoms with Crippen LogP contribution in [0.2, 0.25) is 0 Å². The van der Waals surface area contributed by atoms with Crippen LogP contribution in [-0.4, -0.2) is 25.4 Å². The Labute approximate surface area is 58.8 Å². The number of hydrogen-bond donors (Lipinski definition) is 1. The van der Waals surface area contributed by atoms with E-state index in [0.29, 0.717) is 6.29 Å². The van der Waals surface area contributed by atoms with Gasteiger partial charge in [0.1, 0.15) is 6.61 Å². The minimum absolute atomic E-state index is 0. The molecule has 0 bridgehead atoms. The Morgan fingerprint density at radius 1 is 1.67 bits per heavy atom. The predicted molar refractivity (Wildman–Crippen MR) is 33.3 cm³/mol. The van der Waals surface area contributed by atoms with Crippen LogP contribution in [0.5, 0.6) is 0 Å². The zero-order valence-electron chi connectivity index (χ0n) is 4.70. The summed E-state index contributed by atoms with van der Waals surface area (Å²) in [6.45, 7) is -0.371. The number of carbonyl (C=O) groups is 2. The van der Waals surface area contributed by atoms with E-state index in [1.807, 2.05) is 0 Å². The van der Waals surface area contributed by atoms with E-state index in [0.717, 1.165) is 0 Å². The summed E-state index contributed by atoms with van der Waals surface area (Å²) in [6.07, 6.45) is 0.494. The highest BCUT2D eigenvalue weighted by molar-refractivity contribution is 5.85. The summed E-state index contributed by atoms with van der Waals surface area (Å²) >= 11 is 0. The monoisotopic (exact) mass is 153 g/mol. The lowest BCUT2D eigenvalue weighted by atomic mass is 10.7. The van der Waals surface area contributed by atoms with Gasteiger partial charge >= 0.3 is 5.97 Å². The van der Waals surface area contributed by atoms with Gasteiger partial charge in [-0.1, -0.05) is 0 Å². The lowest BCUT2D eigenvalue weighted by molar-refractivity contribution is -0.143. The summed E-state index contributed by atoms with van der Waals surface area (Å²) in [7, 11) is 0. The number of hydrogen-bond acceptors (Lipinski definition) is 4. The van der Waals surface area contributed by atoms with Crippen LogP contribution in [0.15, 0.2) is 0 Å². The van der Waals surface area contributed by atoms with E-state index in [9.17, 15) is 9.59 Å². The maximum atomic E-state index is 10.1. The Kier molecular flexibility index (Phi) is 9.21. The van der Waals surface area contributed by atoms with Crippen molar-refractivity contribution in [3.05, 3.63) is 0 Å². The first-order valence-electron chi connectivity index (χ1n) is 2.10. The zero-order valence-corrected chi connectivity index (χ0v) is 5.52. The second-order valence-electron chi connectivity index (χ2n) is 1.05. The maximum absolute atomic E-state index is 10.1. The van der Waals surface area contributed by atoms with Gasteiger partial charge in [0, 0.05) is 0 Å². The Hall–Kier alpha value is -0.610. The second kappa shape index (κ2) is 7.39. The first-order chi connectivity index (χ1) is 3.81. The molecule has 0 aliphatic carbocycles. The van der Waals surface area contributed by atoms with Gasteiger partial charge in [0.15, 0.2) is 6.29 Å². The minimum atomic E-state index is -0.558. The average molecular weight is 154 g/mol. The molecule has 0 heterocycles. The molecule has 0 aromatic rings. The predicted octanol–water partition coefficient (Wildman–Crippen LogP) is -0.891. The van der Waals surface area contributed by atoms with Crippen LogP contribution >= 0.6 is 12.4 Å². The molecule has 0 aliphatic heterocycles. The first-order valence-corrected chi connectivity index (χ1v) is 2.10. The van der Waals surface area contributed by atoms with E-state index in [1.165, 1.54) is 0 Å². The third kappa shape index (κ3) is 7.39. The summed E-state index contributed by atoms with van der Waals surface area (Å²) < 4.78 is 4.21. The smallest absolute Gasteiger partial charge is 0.320 e. The van der Waals surface area contributed by atoms with Gasteiger partial charge in [0.25, 0.3) is 0 Å². The van der Waals surface area contributed by atoms with Crippen LogP contribution in [0, 0.1) is 0 Å². The number of aldehydes is 1. The number of carbonyl (C=O) groups excluding carboxylic acids is 2. The normalized spacial score (nSPS) is 7.22. The van der Waals surface area contributed by atoms with Crippen molar-refractivity contribution in [1.82, 2.24) is 0 Å². The molecule has 0 radical (unpaired) electrons. The van der Waals surface area contributed by atoms with Gasteiger partial charge in [-0.05, 0) is 0 Å². The molecule has 4 nitrogen and oxygen atoms in total. The third-order valence-electron chi connectivity index (χ3n) is 0.479. The highest BCUT2D eigenvalue weighted by Crippen LogP contribution is 1.68. The van der Waals surface area contributed by atoms with Crippen molar-refractivity contribution in [2.75, 3.05) is 13.2 Å². The van der Waals surface area contributed by atoms with Crippen molar-refractivity contribution in [2.24, 2.45) is 5.73 Å². The van der Waals surface area contributed by atoms with Gasteiger partial charge < -0.3 is 10.5 Å². The fourth-order valence-electron chi connectivity index (χ4n) is 0.186. The molecule has 2 N–H and O–H groups in total. The topological polar surface area (TPSA) is 69.4 Å². The molecule has 0 atom stereocenters. The Morgan fingerprint density at radius 2 is 2.22 bits per heavy atom. The molecule has 5 heteroatoms. The molecular weight excluding hydrogens is 146 g/mol. The number of nitrogens with two attached hydrogens (primary N) is 1. The highest BCUT2D eigenvalue weighted by atomic mass is 35.5. The molecule has 0 saturated carbocycles. The molecular formula is C4H8ClNO3. The summed E-state index contributed by atoms with van der Waals surface area (Å²) in [4.78, 5) is 19.6. The number of rotatable bonds is 3. The van der Waals surface area contributed by atoms with Crippen molar-refractivity contribution >= 4 is 24.7 Å². The fraction of sp³-hybridized carbons (Fsp3) is 0.500. The van der Waals surface area contributed by atoms with Gasteiger partial charge in [-0.2, -0.15) is 0 Å². The van der Waals surface area contributed by atoms with Crippen LogP contribution in [0.3, 0.4) is 0 Å². The van der Waals surface area contributed by atoms with Crippen LogP contribution in [-0.2, 0) is 14.3 Å². The van der Waals surface area contributed by atoms with Gasteiger partial charge in [-0.3, -0.25) is 9.59 Å². The fourth-order valence-corrected chi connectivity index (χ4v) is 0.186. The standard InChI is InChI=1S/C4H7NO3.ClH/c5-3-4(7)8-2-1-6;/h1H,2-3,5H2;1H. The van der Waals surface area contributed by atoms with Crippen molar-refractivity contribution in [1.29, 1.82) is 0 Å². The maximum Gasteiger partial charge on any atom is 0.320 e. The quantitative estimate of drug-likeness (QED) is 0.422. The molecule has 0 amide bonds. The third-order valence-corrected chi connectivity index (χ3v) is 0.479. The van der Waals surface area contributed by atoms with Gasteiger partial charge in [-0.25, -0.2) is 0 Å². The molecule has 0 aromatic heterocycles. The largest absolute Gasteiger partial charge is 0.457 e. The van der Waals surface area contributed by atoms with Crippen molar-refractivity contribution < 1.29 is 14.3 Å². The molecule has 0 unspecified atom stereocenters. The van der Waals surface area contributed by atoms with E-state index in [2.05, 4.69) is 4.74 Å². The van der Waals surface area contributed by atoms with Crippen molar-refractivity contribution in [3.8, 4) is 0 Å². The van der Waals surface area contributed by atoms with E-state index < -0.39 is 5.97 Å². The molecule has 54 valence electrons. The molecule has 0 spiro atoms. The van der Waals surface area contributed by atoms with Crippen LogP contribution < -0.4 is 5.73 Å². The molecule has 9 heavy (non-hydrogen) atoms. The van der Waals surface area contributed by atoms with Gasteiger partial charge in [0.05, 0.1) is 6.54 Å². The Bertz CT molecular complexity index is 95.8. The van der Waals surface area contributed by atoms with Gasteiger partial charge in [-0.15, -0.1) is 12.4 Å². The highest BCUT2D eigenvalue weighted by Gasteiger charge is 1.93. The summed E-state index contributed by atoms with van der Waals surface area (Å²) in [6, 6.07) is 0. The average Bonchev–Trinajstić information content (AvgIpc) is 1.83. The van der Waals surface area contributed by atoms with Crippen LogP contribution in [0.4, 0.5) is 0 Å². The van der Waals surface area contributed by atoms with E-state index in [1.54, 1.807) is 0 Å². The van der Waals surface area contributed by atoms with Crippen LogP contribution in [0.1, 0.15) is 0 Å². The molecule has 0 saturated heterocycles. The summed E-state index contributed by atoms with van der Waals surface area (Å²) in [5.74, 6) is -0.558. The molecule has 0 rings (SSSR count). The minimum Gasteiger partial charge on any atom is -0.457 e.